The molecular formula is C16H18N4O3S. The molecule has 0 saturated heterocycles. The molecule has 0 saturated carbocycles. The maximum Gasteiger partial charge on any atom is 0.319 e. The summed E-state index contributed by atoms with van der Waals surface area (Å²) < 4.78 is 5.33. The summed E-state index contributed by atoms with van der Waals surface area (Å²) in [4.78, 5) is 28.7. The molecule has 0 fully saturated rings. The quantitative estimate of drug-likeness (QED) is 0.794. The fraction of sp³-hybridized carbons (Fsp3) is 0.312. The van der Waals surface area contributed by atoms with Gasteiger partial charge < -0.3 is 20.7 Å². The van der Waals surface area contributed by atoms with Crippen molar-refractivity contribution in [2.75, 3.05) is 23.8 Å². The molecule has 0 radical (unpaired) electrons. The number of aryl methyl sites for hydroxylation is 1. The van der Waals surface area contributed by atoms with Crippen LogP contribution >= 0.6 is 11.3 Å². The minimum Gasteiger partial charge on any atom is -0.482 e. The topological polar surface area (TPSA) is 92.3 Å². The zero-order valence-electron chi connectivity index (χ0n) is 13.4. The third-order valence-corrected chi connectivity index (χ3v) is 4.65. The Labute approximate surface area is 143 Å². The van der Waals surface area contributed by atoms with Crippen molar-refractivity contribution in [3.05, 3.63) is 34.3 Å². The van der Waals surface area contributed by atoms with Gasteiger partial charge in [0.1, 0.15) is 5.75 Å². The maximum atomic E-state index is 12.0. The predicted molar refractivity (Wildman–Crippen MR) is 92.9 cm³/mol. The highest BCUT2D eigenvalue weighted by molar-refractivity contribution is 7.11. The number of urea groups is 1. The monoisotopic (exact) mass is 346 g/mol. The van der Waals surface area contributed by atoms with Gasteiger partial charge in [0.25, 0.3) is 5.91 Å². The third kappa shape index (κ3) is 3.83. The number of anilines is 2. The molecule has 24 heavy (non-hydrogen) atoms. The zero-order valence-corrected chi connectivity index (χ0v) is 14.2. The van der Waals surface area contributed by atoms with E-state index < -0.39 is 0 Å². The Hall–Kier alpha value is -2.61. The van der Waals surface area contributed by atoms with Crippen molar-refractivity contribution in [3.8, 4) is 5.75 Å². The lowest BCUT2D eigenvalue weighted by Gasteiger charge is -2.18. The summed E-state index contributed by atoms with van der Waals surface area (Å²) in [6.45, 7) is 4.51. The molecule has 1 aromatic carbocycles. The molecule has 3 N–H and O–H groups in total. The van der Waals surface area contributed by atoms with E-state index in [-0.39, 0.29) is 24.5 Å². The van der Waals surface area contributed by atoms with Crippen LogP contribution in [0.15, 0.2) is 24.4 Å². The van der Waals surface area contributed by atoms with Crippen molar-refractivity contribution < 1.29 is 14.3 Å². The van der Waals surface area contributed by atoms with Gasteiger partial charge in [-0.05, 0) is 19.1 Å². The molecule has 1 aromatic heterocycles. The molecule has 3 amide bonds. The van der Waals surface area contributed by atoms with E-state index in [0.29, 0.717) is 23.7 Å². The number of aromatic nitrogens is 1. The van der Waals surface area contributed by atoms with E-state index in [0.717, 1.165) is 9.88 Å². The molecule has 0 aliphatic carbocycles. The van der Waals surface area contributed by atoms with Crippen molar-refractivity contribution in [3.63, 3.8) is 0 Å². The molecule has 0 spiro atoms. The summed E-state index contributed by atoms with van der Waals surface area (Å²) in [5.74, 6) is 0.503. The Kier molecular flexibility index (Phi) is 4.66. The molecule has 126 valence electrons. The summed E-state index contributed by atoms with van der Waals surface area (Å²) in [6, 6.07) is 4.79. The standard InChI is InChI=1S/C16H18N4O3S/c1-9(15-17-7-10(2)24-15)6-18-16(22)19-11-3-4-12-13(5-11)23-8-14(21)20-12/h3-5,7,9H,6,8H2,1-2H3,(H,20,21)(H2,18,19,22)/t9-/m1/s1. The van der Waals surface area contributed by atoms with Crippen LogP contribution in [0.25, 0.3) is 0 Å². The molecule has 2 aromatic rings. The van der Waals surface area contributed by atoms with Gasteiger partial charge in [-0.15, -0.1) is 11.3 Å². The van der Waals surface area contributed by atoms with Crippen molar-refractivity contribution in [1.29, 1.82) is 0 Å². The summed E-state index contributed by atoms with van der Waals surface area (Å²) in [5, 5.41) is 9.30. The number of hydrogen-bond acceptors (Lipinski definition) is 5. The predicted octanol–water partition coefficient (Wildman–Crippen LogP) is 2.71. The number of thiazole rings is 1. The van der Waals surface area contributed by atoms with Gasteiger partial charge in [0.2, 0.25) is 0 Å². The largest absolute Gasteiger partial charge is 0.482 e. The van der Waals surface area contributed by atoms with Gasteiger partial charge in [0.05, 0.1) is 10.7 Å². The second-order valence-corrected chi connectivity index (χ2v) is 6.86. The molecule has 1 atom stereocenters. The first-order valence-electron chi connectivity index (χ1n) is 7.55. The third-order valence-electron chi connectivity index (χ3n) is 3.50. The normalized spacial score (nSPS) is 14.2. The average molecular weight is 346 g/mol. The van der Waals surface area contributed by atoms with E-state index in [4.69, 9.17) is 4.74 Å². The molecule has 2 heterocycles. The van der Waals surface area contributed by atoms with Gasteiger partial charge in [0, 0.05) is 35.3 Å². The Morgan fingerprint density at radius 3 is 3.08 bits per heavy atom. The highest BCUT2D eigenvalue weighted by atomic mass is 32.1. The highest BCUT2D eigenvalue weighted by Crippen LogP contribution is 2.30. The average Bonchev–Trinajstić information content (AvgIpc) is 2.99. The van der Waals surface area contributed by atoms with Gasteiger partial charge in [-0.3, -0.25) is 4.79 Å². The Morgan fingerprint density at radius 1 is 1.50 bits per heavy atom. The summed E-state index contributed by atoms with van der Waals surface area (Å²) in [5.41, 5.74) is 1.20. The molecule has 8 heteroatoms. The minimum atomic E-state index is -0.296. The fourth-order valence-corrected chi connectivity index (χ4v) is 3.09. The zero-order chi connectivity index (χ0) is 17.1. The van der Waals surface area contributed by atoms with Crippen molar-refractivity contribution in [1.82, 2.24) is 10.3 Å². The lowest BCUT2D eigenvalue weighted by Crippen LogP contribution is -2.32. The van der Waals surface area contributed by atoms with Crippen LogP contribution in [-0.4, -0.2) is 30.1 Å². The van der Waals surface area contributed by atoms with Crippen LogP contribution in [0.2, 0.25) is 0 Å². The molecule has 7 nitrogen and oxygen atoms in total. The summed E-state index contributed by atoms with van der Waals surface area (Å²) in [6.07, 6.45) is 1.84. The van der Waals surface area contributed by atoms with Crippen LogP contribution in [0, 0.1) is 6.92 Å². The van der Waals surface area contributed by atoms with Gasteiger partial charge in [0.15, 0.2) is 6.61 Å². The minimum absolute atomic E-state index is 0.0204. The van der Waals surface area contributed by atoms with Gasteiger partial charge in [-0.2, -0.15) is 0 Å². The number of carbonyl (C=O) groups is 2. The number of rotatable bonds is 4. The molecule has 1 aliphatic heterocycles. The molecular weight excluding hydrogens is 328 g/mol. The second kappa shape index (κ2) is 6.88. The number of nitrogens with one attached hydrogen (secondary N) is 3. The second-order valence-electron chi connectivity index (χ2n) is 5.59. The summed E-state index contributed by atoms with van der Waals surface area (Å²) >= 11 is 1.63. The van der Waals surface area contributed by atoms with Gasteiger partial charge >= 0.3 is 6.03 Å². The van der Waals surface area contributed by atoms with Crippen LogP contribution < -0.4 is 20.7 Å². The summed E-state index contributed by atoms with van der Waals surface area (Å²) in [7, 11) is 0. The molecule has 3 rings (SSSR count). The molecule has 0 unspecified atom stereocenters. The number of ether oxygens (including phenoxy) is 1. The maximum absolute atomic E-state index is 12.0. The Bertz CT molecular complexity index is 774. The first-order chi connectivity index (χ1) is 11.5. The first-order valence-corrected chi connectivity index (χ1v) is 8.37. The van der Waals surface area contributed by atoms with Crippen molar-refractivity contribution >= 4 is 34.6 Å². The molecule has 0 bridgehead atoms. The van der Waals surface area contributed by atoms with Gasteiger partial charge in [-0.1, -0.05) is 6.92 Å². The van der Waals surface area contributed by atoms with Crippen LogP contribution in [0.3, 0.4) is 0 Å². The van der Waals surface area contributed by atoms with E-state index in [1.54, 1.807) is 29.5 Å². The SMILES string of the molecule is Cc1cnc([C@H](C)CNC(=O)Nc2ccc3c(c2)OCC(=O)N3)s1. The number of benzene rings is 1. The number of carbonyl (C=O) groups excluding carboxylic acids is 2. The number of fused-ring (bicyclic) bond motifs is 1. The number of hydrogen-bond donors (Lipinski definition) is 3. The Balaban J connectivity index is 1.54. The van der Waals surface area contributed by atoms with E-state index in [2.05, 4.69) is 20.9 Å². The van der Waals surface area contributed by atoms with Crippen molar-refractivity contribution in [2.45, 2.75) is 19.8 Å². The van der Waals surface area contributed by atoms with E-state index >= 15 is 0 Å². The lowest BCUT2D eigenvalue weighted by atomic mass is 10.2. The number of nitrogens with zero attached hydrogens (tertiary/aromatic N) is 1. The smallest absolute Gasteiger partial charge is 0.319 e. The van der Waals surface area contributed by atoms with E-state index in [1.807, 2.05) is 20.0 Å². The van der Waals surface area contributed by atoms with Crippen LogP contribution in [-0.2, 0) is 4.79 Å². The fourth-order valence-electron chi connectivity index (χ4n) is 2.26. The molecule has 1 aliphatic rings. The lowest BCUT2D eigenvalue weighted by molar-refractivity contribution is -0.118. The Morgan fingerprint density at radius 2 is 2.33 bits per heavy atom. The van der Waals surface area contributed by atoms with E-state index in [9.17, 15) is 9.59 Å². The van der Waals surface area contributed by atoms with Crippen molar-refractivity contribution in [2.24, 2.45) is 0 Å². The number of amides is 3. The van der Waals surface area contributed by atoms with Crippen LogP contribution in [0.5, 0.6) is 5.75 Å². The van der Waals surface area contributed by atoms with E-state index in [1.165, 1.54) is 0 Å². The highest BCUT2D eigenvalue weighted by Gasteiger charge is 2.17. The van der Waals surface area contributed by atoms with Crippen LogP contribution in [0.1, 0.15) is 22.7 Å². The van der Waals surface area contributed by atoms with Crippen LogP contribution in [0.4, 0.5) is 16.2 Å². The van der Waals surface area contributed by atoms with Gasteiger partial charge in [-0.25, -0.2) is 9.78 Å². The first kappa shape index (κ1) is 16.3.